The van der Waals surface area contributed by atoms with Gasteiger partial charge >= 0.3 is 0 Å². The number of methoxy groups -OCH3 is 2. The number of benzene rings is 1. The van der Waals surface area contributed by atoms with Gasteiger partial charge in [-0.15, -0.1) is 10.2 Å². The summed E-state index contributed by atoms with van der Waals surface area (Å²) in [6, 6.07) is 8.19. The van der Waals surface area contributed by atoms with Crippen LogP contribution in [0.3, 0.4) is 0 Å². The highest BCUT2D eigenvalue weighted by Gasteiger charge is 2.24. The highest BCUT2D eigenvalue weighted by Crippen LogP contribution is 2.33. The van der Waals surface area contributed by atoms with Crippen LogP contribution in [0.25, 0.3) is 0 Å². The van der Waals surface area contributed by atoms with Crippen LogP contribution >= 0.6 is 11.3 Å². The lowest BCUT2D eigenvalue weighted by Gasteiger charge is -2.32. The molecule has 1 aromatic carbocycles. The third-order valence-electron chi connectivity index (χ3n) is 4.51. The van der Waals surface area contributed by atoms with Gasteiger partial charge in [0, 0.05) is 7.11 Å². The minimum absolute atomic E-state index is 0.0548. The topological polar surface area (TPSA) is 76.6 Å². The minimum atomic E-state index is -0.0548. The fraction of sp³-hybridized carbons (Fsp3) is 0.500. The maximum Gasteiger partial charge on any atom is 0.240 e. The van der Waals surface area contributed by atoms with Crippen molar-refractivity contribution in [2.24, 2.45) is 0 Å². The molecule has 8 heteroatoms. The average Bonchev–Trinajstić information content (AvgIpc) is 3.09. The Morgan fingerprint density at radius 1 is 1.27 bits per heavy atom. The van der Waals surface area contributed by atoms with Crippen molar-refractivity contribution in [1.82, 2.24) is 15.1 Å². The van der Waals surface area contributed by atoms with Crippen molar-refractivity contribution in [2.45, 2.75) is 25.4 Å². The zero-order valence-corrected chi connectivity index (χ0v) is 15.9. The van der Waals surface area contributed by atoms with Gasteiger partial charge in [-0.2, -0.15) is 0 Å². The molecule has 0 atom stereocenters. The molecule has 1 aromatic heterocycles. The lowest BCUT2D eigenvalue weighted by atomic mass is 9.89. The average molecular weight is 376 g/mol. The number of hydrogen-bond donors (Lipinski definition) is 1. The number of rotatable bonds is 7. The molecule has 1 amide bonds. The van der Waals surface area contributed by atoms with Gasteiger partial charge in [-0.25, -0.2) is 0 Å². The summed E-state index contributed by atoms with van der Waals surface area (Å²) in [5.74, 6) is 1.37. The van der Waals surface area contributed by atoms with E-state index in [0.29, 0.717) is 24.2 Å². The first-order chi connectivity index (χ1) is 12.7. The van der Waals surface area contributed by atoms with Crippen molar-refractivity contribution < 1.29 is 14.3 Å². The number of hydrogen-bond acceptors (Lipinski definition) is 7. The monoisotopic (exact) mass is 376 g/mol. The molecule has 1 fully saturated rings. The number of nitrogens with one attached hydrogen (secondary N) is 1. The van der Waals surface area contributed by atoms with Crippen molar-refractivity contribution in [3.63, 3.8) is 0 Å². The van der Waals surface area contributed by atoms with Crippen molar-refractivity contribution in [3.8, 4) is 5.75 Å². The van der Waals surface area contributed by atoms with Gasteiger partial charge in [-0.1, -0.05) is 29.5 Å². The van der Waals surface area contributed by atoms with Crippen LogP contribution in [-0.4, -0.2) is 54.9 Å². The molecule has 1 aliphatic rings. The van der Waals surface area contributed by atoms with E-state index in [1.54, 1.807) is 14.2 Å². The lowest BCUT2D eigenvalue weighted by molar-refractivity contribution is -0.117. The third-order valence-corrected chi connectivity index (χ3v) is 5.33. The van der Waals surface area contributed by atoms with Gasteiger partial charge in [0.15, 0.2) is 0 Å². The molecule has 1 aliphatic heterocycles. The summed E-state index contributed by atoms with van der Waals surface area (Å²) in [5.41, 5.74) is 1.26. The SMILES string of the molecule is COCc1nnc(NC(=O)CN2CCC(c3ccccc3OC)CC2)s1. The molecule has 0 radical (unpaired) electrons. The maximum absolute atomic E-state index is 12.2. The molecule has 0 bridgehead atoms. The predicted molar refractivity (Wildman–Crippen MR) is 101 cm³/mol. The van der Waals surface area contributed by atoms with Crippen molar-refractivity contribution in [1.29, 1.82) is 0 Å². The van der Waals surface area contributed by atoms with Gasteiger partial charge in [0.05, 0.1) is 13.7 Å². The first-order valence-corrected chi connectivity index (χ1v) is 9.47. The number of likely N-dealkylation sites (tertiary alicyclic amines) is 1. The lowest BCUT2D eigenvalue weighted by Crippen LogP contribution is -2.38. The van der Waals surface area contributed by atoms with Crippen molar-refractivity contribution >= 4 is 22.4 Å². The fourth-order valence-corrected chi connectivity index (χ4v) is 3.98. The van der Waals surface area contributed by atoms with E-state index in [9.17, 15) is 4.79 Å². The Hall–Kier alpha value is -2.03. The van der Waals surface area contributed by atoms with E-state index in [0.717, 1.165) is 36.7 Å². The summed E-state index contributed by atoms with van der Waals surface area (Å²) in [6.45, 7) is 2.56. The Labute approximate surface area is 157 Å². The zero-order valence-electron chi connectivity index (χ0n) is 15.1. The summed E-state index contributed by atoms with van der Waals surface area (Å²) in [5, 5.41) is 12.0. The van der Waals surface area contributed by atoms with Crippen molar-refractivity contribution in [3.05, 3.63) is 34.8 Å². The summed E-state index contributed by atoms with van der Waals surface area (Å²) in [6.07, 6.45) is 2.04. The van der Waals surface area contributed by atoms with E-state index in [-0.39, 0.29) is 5.91 Å². The van der Waals surface area contributed by atoms with Crippen LogP contribution in [0.15, 0.2) is 24.3 Å². The zero-order chi connectivity index (χ0) is 18.4. The molecule has 1 N–H and O–H groups in total. The maximum atomic E-state index is 12.2. The van der Waals surface area contributed by atoms with Crippen LogP contribution < -0.4 is 10.1 Å². The molecule has 140 valence electrons. The second-order valence-corrected chi connectivity index (χ2v) is 7.34. The molecule has 0 spiro atoms. The first-order valence-electron chi connectivity index (χ1n) is 8.66. The Kier molecular flexibility index (Phi) is 6.54. The second-order valence-electron chi connectivity index (χ2n) is 6.27. The van der Waals surface area contributed by atoms with E-state index in [4.69, 9.17) is 9.47 Å². The van der Waals surface area contributed by atoms with Gasteiger partial charge in [-0.05, 0) is 43.5 Å². The fourth-order valence-electron chi connectivity index (χ4n) is 3.25. The number of carbonyl (C=O) groups is 1. The number of aromatic nitrogens is 2. The molecule has 0 unspecified atom stereocenters. The van der Waals surface area contributed by atoms with E-state index >= 15 is 0 Å². The first kappa shape index (κ1) is 18.8. The van der Waals surface area contributed by atoms with Crippen LogP contribution in [0.4, 0.5) is 5.13 Å². The van der Waals surface area contributed by atoms with Crippen LogP contribution in [0.5, 0.6) is 5.75 Å². The number of anilines is 1. The molecule has 2 aromatic rings. The second kappa shape index (κ2) is 9.07. The van der Waals surface area contributed by atoms with Gasteiger partial charge in [-0.3, -0.25) is 15.0 Å². The number of para-hydroxylation sites is 1. The van der Waals surface area contributed by atoms with Crippen LogP contribution in [-0.2, 0) is 16.1 Å². The standard InChI is InChI=1S/C18H24N4O3S/c1-24-12-17-20-21-18(26-17)19-16(23)11-22-9-7-13(8-10-22)14-5-3-4-6-15(14)25-2/h3-6,13H,7-12H2,1-2H3,(H,19,21,23). The summed E-state index contributed by atoms with van der Waals surface area (Å²) < 4.78 is 10.5. The van der Waals surface area contributed by atoms with Gasteiger partial charge < -0.3 is 9.47 Å². The molecular formula is C18H24N4O3S. The predicted octanol–water partition coefficient (Wildman–Crippen LogP) is 2.51. The summed E-state index contributed by atoms with van der Waals surface area (Å²) in [7, 11) is 3.32. The molecular weight excluding hydrogens is 352 g/mol. The van der Waals surface area contributed by atoms with Crippen molar-refractivity contribution in [2.75, 3.05) is 39.2 Å². The molecule has 1 saturated heterocycles. The molecule has 26 heavy (non-hydrogen) atoms. The number of piperidine rings is 1. The van der Waals surface area contributed by atoms with Crippen LogP contribution in [0, 0.1) is 0 Å². The number of carbonyl (C=O) groups excluding carboxylic acids is 1. The minimum Gasteiger partial charge on any atom is -0.496 e. The highest BCUT2D eigenvalue weighted by atomic mass is 32.1. The van der Waals surface area contributed by atoms with Gasteiger partial charge in [0.1, 0.15) is 17.4 Å². The number of ether oxygens (including phenoxy) is 2. The normalized spacial score (nSPS) is 15.8. The molecule has 2 heterocycles. The molecule has 0 aliphatic carbocycles. The Balaban J connectivity index is 1.48. The Bertz CT molecular complexity index is 729. The Morgan fingerprint density at radius 2 is 2.04 bits per heavy atom. The Morgan fingerprint density at radius 3 is 2.77 bits per heavy atom. The largest absolute Gasteiger partial charge is 0.496 e. The third kappa shape index (κ3) is 4.78. The number of amides is 1. The molecule has 7 nitrogen and oxygen atoms in total. The van der Waals surface area contributed by atoms with Crippen LogP contribution in [0.1, 0.15) is 29.3 Å². The summed E-state index contributed by atoms with van der Waals surface area (Å²) >= 11 is 1.34. The van der Waals surface area contributed by atoms with Crippen LogP contribution in [0.2, 0.25) is 0 Å². The van der Waals surface area contributed by atoms with E-state index in [2.05, 4.69) is 32.5 Å². The summed E-state index contributed by atoms with van der Waals surface area (Å²) in [4.78, 5) is 14.4. The van der Waals surface area contributed by atoms with Gasteiger partial charge in [0.25, 0.3) is 0 Å². The van der Waals surface area contributed by atoms with E-state index in [1.807, 2.05) is 12.1 Å². The van der Waals surface area contributed by atoms with Gasteiger partial charge in [0.2, 0.25) is 11.0 Å². The quantitative estimate of drug-likeness (QED) is 0.800. The highest BCUT2D eigenvalue weighted by molar-refractivity contribution is 7.15. The van der Waals surface area contributed by atoms with E-state index < -0.39 is 0 Å². The smallest absolute Gasteiger partial charge is 0.240 e. The van der Waals surface area contributed by atoms with E-state index in [1.165, 1.54) is 16.9 Å². The molecule has 0 saturated carbocycles. The number of nitrogens with zero attached hydrogens (tertiary/aromatic N) is 3. The molecule has 3 rings (SSSR count).